The molecule has 0 unspecified atom stereocenters. The number of thiophene rings is 1. The fourth-order valence-corrected chi connectivity index (χ4v) is 4.37. The largest absolute Gasteiger partial charge is 0.352 e. The van der Waals surface area contributed by atoms with E-state index in [4.69, 9.17) is 0 Å². The number of benzene rings is 1. The summed E-state index contributed by atoms with van der Waals surface area (Å²) < 4.78 is 0. The van der Waals surface area contributed by atoms with Crippen LogP contribution in [0.5, 0.6) is 0 Å². The van der Waals surface area contributed by atoms with Crippen molar-refractivity contribution in [2.24, 2.45) is 0 Å². The Kier molecular flexibility index (Phi) is 4.95. The molecule has 0 saturated carbocycles. The maximum atomic E-state index is 13.1. The molecule has 2 amide bonds. The van der Waals surface area contributed by atoms with Crippen LogP contribution in [0.15, 0.2) is 42.5 Å². The molecule has 2 aromatic heterocycles. The Morgan fingerprint density at radius 2 is 2.00 bits per heavy atom. The number of nitrogens with zero attached hydrogens (tertiary/aromatic N) is 3. The topological polar surface area (TPSA) is 91.0 Å². The van der Waals surface area contributed by atoms with Crippen LogP contribution in [0.1, 0.15) is 39.8 Å². The molecule has 0 aliphatic carbocycles. The summed E-state index contributed by atoms with van der Waals surface area (Å²) in [6.45, 7) is 3.91. The van der Waals surface area contributed by atoms with Gasteiger partial charge in [-0.15, -0.1) is 11.3 Å². The molecule has 1 aromatic carbocycles. The molecule has 1 saturated heterocycles. The van der Waals surface area contributed by atoms with Crippen LogP contribution < -0.4 is 5.32 Å². The molecule has 0 spiro atoms. The normalized spacial score (nSPS) is 19.0. The van der Waals surface area contributed by atoms with E-state index in [-0.39, 0.29) is 23.9 Å². The molecule has 28 heavy (non-hydrogen) atoms. The number of aryl methyl sites for hydroxylation is 1. The molecular weight excluding hydrogens is 374 g/mol. The number of hydrogen-bond acceptors (Lipinski definition) is 5. The van der Waals surface area contributed by atoms with Crippen molar-refractivity contribution in [3.05, 3.63) is 58.0 Å². The average Bonchev–Trinajstić information content (AvgIpc) is 3.40. The smallest absolute Gasteiger partial charge is 0.264 e. The van der Waals surface area contributed by atoms with Crippen molar-refractivity contribution in [2.45, 2.75) is 32.4 Å². The lowest BCUT2D eigenvalue weighted by Gasteiger charge is -2.22. The lowest BCUT2D eigenvalue weighted by atomic mass is 10.1. The fraction of sp³-hybridized carbons (Fsp3) is 0.300. The van der Waals surface area contributed by atoms with E-state index in [9.17, 15) is 9.59 Å². The number of H-pyrrole nitrogens is 1. The van der Waals surface area contributed by atoms with Crippen molar-refractivity contribution >= 4 is 23.2 Å². The minimum atomic E-state index is -0.267. The maximum Gasteiger partial charge on any atom is 0.264 e. The van der Waals surface area contributed by atoms with Crippen LogP contribution in [0, 0.1) is 6.92 Å². The quantitative estimate of drug-likeness (QED) is 0.711. The van der Waals surface area contributed by atoms with Gasteiger partial charge in [-0.05, 0) is 25.5 Å². The Labute approximate surface area is 166 Å². The Morgan fingerprint density at radius 1 is 1.21 bits per heavy atom. The maximum absolute atomic E-state index is 13.1. The molecule has 4 rings (SSSR count). The van der Waals surface area contributed by atoms with Gasteiger partial charge in [-0.2, -0.15) is 5.10 Å². The van der Waals surface area contributed by atoms with E-state index in [2.05, 4.69) is 20.5 Å². The molecule has 1 aliphatic heterocycles. The van der Waals surface area contributed by atoms with Gasteiger partial charge in [-0.3, -0.25) is 14.7 Å². The number of likely N-dealkylation sites (tertiary alicyclic amines) is 1. The zero-order valence-corrected chi connectivity index (χ0v) is 16.5. The molecule has 0 bridgehead atoms. The highest BCUT2D eigenvalue weighted by atomic mass is 32.1. The Balaban J connectivity index is 1.63. The molecule has 8 heteroatoms. The Hall–Kier alpha value is -3.00. The molecule has 144 valence electrons. The Morgan fingerprint density at radius 3 is 2.68 bits per heavy atom. The summed E-state index contributed by atoms with van der Waals surface area (Å²) in [5.41, 5.74) is 0.910. The van der Waals surface area contributed by atoms with E-state index < -0.39 is 0 Å². The van der Waals surface area contributed by atoms with Gasteiger partial charge in [-0.1, -0.05) is 30.3 Å². The highest BCUT2D eigenvalue weighted by Crippen LogP contribution is 2.33. The molecule has 0 radical (unpaired) electrons. The molecule has 1 aliphatic rings. The van der Waals surface area contributed by atoms with Crippen LogP contribution in [-0.4, -0.2) is 44.5 Å². The molecule has 7 nitrogen and oxygen atoms in total. The standard InChI is InChI=1S/C20H21N5O2S/c1-12-8-9-17(28-12)20(27)25-11-15(21-13(2)26)10-16(25)19-22-18(23-24-19)14-6-4-3-5-7-14/h3-9,15-16H,10-11H2,1-2H3,(H,21,26)(H,22,23,24)/t15-,16-/m0/s1. The van der Waals surface area contributed by atoms with E-state index in [0.29, 0.717) is 29.5 Å². The van der Waals surface area contributed by atoms with Crippen LogP contribution in [0.25, 0.3) is 11.4 Å². The first-order chi connectivity index (χ1) is 13.5. The van der Waals surface area contributed by atoms with Gasteiger partial charge in [-0.25, -0.2) is 4.98 Å². The SMILES string of the molecule is CC(=O)N[C@H]1C[C@@H](c2nc(-c3ccccc3)n[nH]2)N(C(=O)c2ccc(C)s2)C1. The third kappa shape index (κ3) is 3.68. The zero-order chi connectivity index (χ0) is 19.7. The first-order valence-corrected chi connectivity index (χ1v) is 9.95. The van der Waals surface area contributed by atoms with Gasteiger partial charge in [0, 0.05) is 30.0 Å². The first-order valence-electron chi connectivity index (χ1n) is 9.13. The third-order valence-electron chi connectivity index (χ3n) is 4.77. The highest BCUT2D eigenvalue weighted by Gasteiger charge is 2.39. The minimum Gasteiger partial charge on any atom is -0.352 e. The molecule has 2 atom stereocenters. The van der Waals surface area contributed by atoms with Crippen LogP contribution in [-0.2, 0) is 4.79 Å². The lowest BCUT2D eigenvalue weighted by Crippen LogP contribution is -2.37. The van der Waals surface area contributed by atoms with Gasteiger partial charge in [0.2, 0.25) is 5.91 Å². The second kappa shape index (κ2) is 7.55. The number of carbonyl (C=O) groups excluding carboxylic acids is 2. The van der Waals surface area contributed by atoms with E-state index in [0.717, 1.165) is 10.4 Å². The molecule has 3 aromatic rings. The van der Waals surface area contributed by atoms with Gasteiger partial charge in [0.1, 0.15) is 5.82 Å². The summed E-state index contributed by atoms with van der Waals surface area (Å²) in [7, 11) is 0. The number of hydrogen-bond donors (Lipinski definition) is 2. The van der Waals surface area contributed by atoms with Gasteiger partial charge in [0.25, 0.3) is 5.91 Å². The van der Waals surface area contributed by atoms with Gasteiger partial charge in [0.05, 0.1) is 10.9 Å². The molecule has 1 fully saturated rings. The average molecular weight is 395 g/mol. The zero-order valence-electron chi connectivity index (χ0n) is 15.7. The second-order valence-corrected chi connectivity index (χ2v) is 8.21. The number of nitrogens with one attached hydrogen (secondary N) is 2. The molecule has 3 heterocycles. The monoisotopic (exact) mass is 395 g/mol. The van der Waals surface area contributed by atoms with Crippen molar-refractivity contribution in [3.63, 3.8) is 0 Å². The summed E-state index contributed by atoms with van der Waals surface area (Å²) in [6.07, 6.45) is 0.596. The summed E-state index contributed by atoms with van der Waals surface area (Å²) in [5.74, 6) is 1.08. The summed E-state index contributed by atoms with van der Waals surface area (Å²) in [5, 5.41) is 10.3. The number of rotatable bonds is 4. The number of carbonyl (C=O) groups is 2. The summed E-state index contributed by atoms with van der Waals surface area (Å²) >= 11 is 1.47. The number of aromatic amines is 1. The first kappa shape index (κ1) is 18.4. The van der Waals surface area contributed by atoms with Gasteiger partial charge < -0.3 is 10.2 Å². The van der Waals surface area contributed by atoms with Crippen LogP contribution in [0.2, 0.25) is 0 Å². The van der Waals surface area contributed by atoms with Crippen molar-refractivity contribution < 1.29 is 9.59 Å². The Bertz CT molecular complexity index is 997. The predicted molar refractivity (Wildman–Crippen MR) is 107 cm³/mol. The minimum absolute atomic E-state index is 0.0476. The van der Waals surface area contributed by atoms with Crippen molar-refractivity contribution in [2.75, 3.05) is 6.54 Å². The molecule has 2 N–H and O–H groups in total. The number of aromatic nitrogens is 3. The fourth-order valence-electron chi connectivity index (χ4n) is 3.54. The third-order valence-corrected chi connectivity index (χ3v) is 5.76. The van der Waals surface area contributed by atoms with Crippen LogP contribution in [0.3, 0.4) is 0 Å². The van der Waals surface area contributed by atoms with E-state index in [1.54, 1.807) is 4.90 Å². The van der Waals surface area contributed by atoms with Crippen molar-refractivity contribution in [3.8, 4) is 11.4 Å². The second-order valence-electron chi connectivity index (χ2n) is 6.93. The summed E-state index contributed by atoms with van der Waals surface area (Å²) in [6, 6.07) is 13.1. The van der Waals surface area contributed by atoms with Gasteiger partial charge >= 0.3 is 0 Å². The molecular formula is C20H21N5O2S. The number of amides is 2. The van der Waals surface area contributed by atoms with E-state index in [1.807, 2.05) is 49.4 Å². The van der Waals surface area contributed by atoms with E-state index >= 15 is 0 Å². The van der Waals surface area contributed by atoms with E-state index in [1.165, 1.54) is 18.3 Å². The van der Waals surface area contributed by atoms with Crippen LogP contribution >= 0.6 is 11.3 Å². The summed E-state index contributed by atoms with van der Waals surface area (Å²) in [4.78, 5) is 32.8. The highest BCUT2D eigenvalue weighted by molar-refractivity contribution is 7.13. The van der Waals surface area contributed by atoms with Crippen molar-refractivity contribution in [1.29, 1.82) is 0 Å². The van der Waals surface area contributed by atoms with Crippen molar-refractivity contribution in [1.82, 2.24) is 25.4 Å². The van der Waals surface area contributed by atoms with Gasteiger partial charge in [0.15, 0.2) is 5.82 Å². The van der Waals surface area contributed by atoms with Crippen LogP contribution in [0.4, 0.5) is 0 Å². The predicted octanol–water partition coefficient (Wildman–Crippen LogP) is 2.93. The lowest BCUT2D eigenvalue weighted by molar-refractivity contribution is -0.119.